The van der Waals surface area contributed by atoms with Crippen LogP contribution in [0.15, 0.2) is 72.0 Å². The monoisotopic (exact) mass is 583 g/mol. The molecule has 2 aromatic carbocycles. The number of hydrogen-bond acceptors (Lipinski definition) is 6. The lowest BCUT2D eigenvalue weighted by Gasteiger charge is -2.27. The highest BCUT2D eigenvalue weighted by molar-refractivity contribution is 7.88. The molecule has 3 heterocycles. The summed E-state index contributed by atoms with van der Waals surface area (Å²) >= 11 is 6.02. The summed E-state index contributed by atoms with van der Waals surface area (Å²) in [6.07, 6.45) is 9.41. The predicted molar refractivity (Wildman–Crippen MR) is 161 cm³/mol. The summed E-state index contributed by atoms with van der Waals surface area (Å²) in [5.74, 6) is 0.802. The zero-order valence-electron chi connectivity index (χ0n) is 23.4. The molecule has 1 fully saturated rings. The van der Waals surface area contributed by atoms with Crippen LogP contribution in [0.1, 0.15) is 43.4 Å². The minimum atomic E-state index is -3.38. The first kappa shape index (κ1) is 28.9. The van der Waals surface area contributed by atoms with Crippen LogP contribution in [-0.4, -0.2) is 67.8 Å². The van der Waals surface area contributed by atoms with Gasteiger partial charge in [0.05, 0.1) is 17.6 Å². The van der Waals surface area contributed by atoms with E-state index in [0.717, 1.165) is 71.8 Å². The van der Waals surface area contributed by atoms with Crippen LogP contribution in [0.5, 0.6) is 5.75 Å². The van der Waals surface area contributed by atoms with Crippen molar-refractivity contribution in [1.82, 2.24) is 14.5 Å². The quantitative estimate of drug-likeness (QED) is 0.469. The maximum atomic E-state index is 12.7. The molecule has 0 radical (unpaired) electrons. The number of benzene rings is 2. The average Bonchev–Trinajstić information content (AvgIpc) is 3.30. The number of likely N-dealkylation sites (tertiary alicyclic amines) is 1. The minimum absolute atomic E-state index is 0.0699. The molecule has 0 saturated carbocycles. The first-order valence-corrected chi connectivity index (χ1v) is 16.0. The van der Waals surface area contributed by atoms with E-state index in [-0.39, 0.29) is 6.04 Å². The summed E-state index contributed by atoms with van der Waals surface area (Å²) in [6, 6.07) is 13.2. The van der Waals surface area contributed by atoms with Crippen molar-refractivity contribution in [3.05, 3.63) is 93.7 Å². The zero-order valence-corrected chi connectivity index (χ0v) is 24.9. The van der Waals surface area contributed by atoms with Crippen molar-refractivity contribution >= 4 is 27.2 Å². The lowest BCUT2D eigenvalue weighted by atomic mass is 9.89. The van der Waals surface area contributed by atoms with Gasteiger partial charge in [-0.1, -0.05) is 48.0 Å². The van der Waals surface area contributed by atoms with Crippen LogP contribution in [0.25, 0.3) is 5.57 Å². The molecule has 1 saturated heterocycles. The molecule has 3 aliphatic rings. The molecule has 0 bridgehead atoms. The maximum Gasteiger partial charge on any atom is 0.211 e. The Morgan fingerprint density at radius 1 is 1.23 bits per heavy atom. The van der Waals surface area contributed by atoms with Gasteiger partial charge in [-0.25, -0.2) is 8.42 Å². The van der Waals surface area contributed by atoms with E-state index in [1.807, 2.05) is 30.3 Å². The predicted octanol–water partition coefficient (Wildman–Crippen LogP) is 4.68. The van der Waals surface area contributed by atoms with Gasteiger partial charge in [-0.2, -0.15) is 4.31 Å². The van der Waals surface area contributed by atoms with E-state index in [4.69, 9.17) is 16.3 Å². The third-order valence-electron chi connectivity index (χ3n) is 7.81. The third kappa shape index (κ3) is 6.64. The Kier molecular flexibility index (Phi) is 8.45. The topological polar surface area (TPSA) is 82.1 Å². The van der Waals surface area contributed by atoms with E-state index in [1.54, 1.807) is 30.3 Å². The number of sulfonamides is 1. The number of allylic oxidation sites excluding steroid dienone is 3. The first-order chi connectivity index (χ1) is 19.0. The Hall–Kier alpha value is -2.62. The number of halogens is 1. The third-order valence-corrected chi connectivity index (χ3v) is 9.34. The highest BCUT2D eigenvalue weighted by Crippen LogP contribution is 2.39. The molecule has 7 nitrogen and oxygen atoms in total. The maximum absolute atomic E-state index is 12.7. The lowest BCUT2D eigenvalue weighted by Crippen LogP contribution is -2.41. The summed E-state index contributed by atoms with van der Waals surface area (Å²) in [5.41, 5.74) is 5.03. The number of ether oxygens (including phenoxy) is 1. The van der Waals surface area contributed by atoms with E-state index in [9.17, 15) is 13.5 Å². The second-order valence-corrected chi connectivity index (χ2v) is 13.7. The molecule has 3 aliphatic heterocycles. The Balaban J connectivity index is 1.33. The van der Waals surface area contributed by atoms with E-state index in [1.165, 1.54) is 6.26 Å². The van der Waals surface area contributed by atoms with Crippen LogP contribution in [0, 0.1) is 0 Å². The summed E-state index contributed by atoms with van der Waals surface area (Å²) in [5, 5.41) is 14.8. The van der Waals surface area contributed by atoms with Crippen LogP contribution in [0.4, 0.5) is 0 Å². The van der Waals surface area contributed by atoms with E-state index in [0.29, 0.717) is 24.7 Å². The molecule has 214 valence electrons. The first-order valence-electron chi connectivity index (χ1n) is 13.8. The molecular formula is C31H38ClN3O4S. The molecule has 0 aromatic heterocycles. The fourth-order valence-corrected chi connectivity index (χ4v) is 6.85. The number of hydrogen-bond donors (Lipinski definition) is 2. The second-order valence-electron chi connectivity index (χ2n) is 11.3. The zero-order chi connectivity index (χ0) is 28.5. The highest BCUT2D eigenvalue weighted by atomic mass is 35.5. The standard InChI is InChI=1S/C31H38ClN3O4S/c1-31(2,36)23-10-13-30-28(18-23)26(27-6-4-15-33-29(27)21-39-30)7-5-16-34-17-14-25(20-34)35(40(3,37)38)19-22-8-11-24(32)12-9-22/h4,6-13,18,25,33,36H,5,14-17,19-21H2,1-3H3/b26-7+/t25-/m0/s1. The van der Waals surface area contributed by atoms with Crippen molar-refractivity contribution in [1.29, 1.82) is 0 Å². The SMILES string of the molecule is CC(C)(O)c1ccc2c(c1)/C(=C/CCN1CC[C@H](N(Cc3ccc(Cl)cc3)S(C)(=O)=O)C1)C1=C(CO2)NCC=C1. The lowest BCUT2D eigenvalue weighted by molar-refractivity contribution is 0.0785. The van der Waals surface area contributed by atoms with Crippen molar-refractivity contribution in [3.63, 3.8) is 0 Å². The van der Waals surface area contributed by atoms with Gasteiger partial charge >= 0.3 is 0 Å². The normalized spacial score (nSPS) is 20.8. The van der Waals surface area contributed by atoms with Gasteiger partial charge in [-0.15, -0.1) is 0 Å². The van der Waals surface area contributed by atoms with Gasteiger partial charge in [0.2, 0.25) is 10.0 Å². The highest BCUT2D eigenvalue weighted by Gasteiger charge is 2.33. The summed E-state index contributed by atoms with van der Waals surface area (Å²) < 4.78 is 33.2. The number of rotatable bonds is 8. The van der Waals surface area contributed by atoms with Gasteiger partial charge in [0.25, 0.3) is 0 Å². The Bertz CT molecular complexity index is 1440. The van der Waals surface area contributed by atoms with E-state index < -0.39 is 15.6 Å². The van der Waals surface area contributed by atoms with Crippen molar-refractivity contribution in [2.45, 2.75) is 44.9 Å². The summed E-state index contributed by atoms with van der Waals surface area (Å²) in [6.45, 7) is 7.52. The summed E-state index contributed by atoms with van der Waals surface area (Å²) in [7, 11) is -3.38. The number of nitrogens with one attached hydrogen (secondary N) is 1. The van der Waals surface area contributed by atoms with E-state index in [2.05, 4.69) is 28.4 Å². The minimum Gasteiger partial charge on any atom is -0.487 e. The van der Waals surface area contributed by atoms with Crippen molar-refractivity contribution in [3.8, 4) is 5.75 Å². The van der Waals surface area contributed by atoms with Gasteiger partial charge in [-0.05, 0) is 74.2 Å². The molecule has 2 aromatic rings. The average molecular weight is 584 g/mol. The van der Waals surface area contributed by atoms with Crippen LogP contribution in [-0.2, 0) is 22.2 Å². The molecule has 5 rings (SSSR count). The number of dihydropyridines is 1. The van der Waals surface area contributed by atoms with Crippen LogP contribution < -0.4 is 10.1 Å². The molecule has 0 amide bonds. The molecule has 1 atom stereocenters. The molecule has 40 heavy (non-hydrogen) atoms. The molecular weight excluding hydrogens is 546 g/mol. The number of nitrogens with zero attached hydrogens (tertiary/aromatic N) is 2. The number of fused-ring (bicyclic) bond motifs is 1. The second kappa shape index (κ2) is 11.7. The molecule has 2 N–H and O–H groups in total. The molecule has 0 aliphatic carbocycles. The Labute approximate surface area is 242 Å². The summed E-state index contributed by atoms with van der Waals surface area (Å²) in [4.78, 5) is 2.34. The Morgan fingerprint density at radius 3 is 2.73 bits per heavy atom. The van der Waals surface area contributed by atoms with Gasteiger partial charge in [0, 0.05) is 48.4 Å². The van der Waals surface area contributed by atoms with Crippen molar-refractivity contribution in [2.75, 3.05) is 39.0 Å². The van der Waals surface area contributed by atoms with Gasteiger partial charge in [0.15, 0.2) is 0 Å². The van der Waals surface area contributed by atoms with Gasteiger partial charge < -0.3 is 20.1 Å². The van der Waals surface area contributed by atoms with Crippen LogP contribution in [0.3, 0.4) is 0 Å². The van der Waals surface area contributed by atoms with Gasteiger partial charge in [-0.3, -0.25) is 0 Å². The van der Waals surface area contributed by atoms with Crippen LogP contribution in [0.2, 0.25) is 5.02 Å². The van der Waals surface area contributed by atoms with Crippen molar-refractivity contribution < 1.29 is 18.3 Å². The van der Waals surface area contributed by atoms with Crippen LogP contribution >= 0.6 is 11.6 Å². The van der Waals surface area contributed by atoms with Gasteiger partial charge in [0.1, 0.15) is 12.4 Å². The fraction of sp³-hybridized carbons (Fsp3) is 0.419. The molecule has 0 unspecified atom stereocenters. The van der Waals surface area contributed by atoms with E-state index >= 15 is 0 Å². The molecule has 9 heteroatoms. The number of aliphatic hydroxyl groups is 1. The molecule has 0 spiro atoms. The fourth-order valence-electron chi connectivity index (χ4n) is 5.63. The van der Waals surface area contributed by atoms with Crippen molar-refractivity contribution in [2.24, 2.45) is 0 Å². The Morgan fingerprint density at radius 2 is 2.00 bits per heavy atom. The largest absolute Gasteiger partial charge is 0.487 e. The smallest absolute Gasteiger partial charge is 0.211 e.